The van der Waals surface area contributed by atoms with Crippen molar-refractivity contribution in [2.45, 2.75) is 6.42 Å². The molecular formula is C12H11N5O2S. The predicted octanol–water partition coefficient (Wildman–Crippen LogP) is 1.04. The maximum absolute atomic E-state index is 11.8. The third kappa shape index (κ3) is 2.87. The minimum Gasteiger partial charge on any atom is -0.277 e. The van der Waals surface area contributed by atoms with Crippen molar-refractivity contribution in [3.63, 3.8) is 0 Å². The number of rotatable bonds is 3. The van der Waals surface area contributed by atoms with Crippen LogP contribution in [0.15, 0.2) is 29.4 Å². The zero-order valence-electron chi connectivity index (χ0n) is 10.4. The van der Waals surface area contributed by atoms with Crippen LogP contribution < -0.4 is 9.73 Å². The summed E-state index contributed by atoms with van der Waals surface area (Å²) in [6.45, 7) is 0.486. The van der Waals surface area contributed by atoms with E-state index in [1.54, 1.807) is 36.4 Å². The van der Waals surface area contributed by atoms with Crippen LogP contribution in [0.4, 0.5) is 11.4 Å². The molecule has 0 amide bonds. The highest BCUT2D eigenvalue weighted by molar-refractivity contribution is 7.93. The summed E-state index contributed by atoms with van der Waals surface area (Å²) in [6, 6.07) is 9.84. The van der Waals surface area contributed by atoms with Gasteiger partial charge in [0.2, 0.25) is 15.7 Å². The van der Waals surface area contributed by atoms with Gasteiger partial charge in [0, 0.05) is 6.54 Å². The van der Waals surface area contributed by atoms with Crippen molar-refractivity contribution in [2.24, 2.45) is 5.10 Å². The smallest absolute Gasteiger partial charge is 0.237 e. The van der Waals surface area contributed by atoms with Crippen molar-refractivity contribution in [1.29, 1.82) is 10.5 Å². The topological polar surface area (TPSA) is 109 Å². The summed E-state index contributed by atoms with van der Waals surface area (Å²) in [5.74, 6) is 0.172. The third-order valence-corrected chi connectivity index (χ3v) is 4.63. The summed E-state index contributed by atoms with van der Waals surface area (Å²) in [7, 11) is -3.19. The molecule has 0 bridgehead atoms. The van der Waals surface area contributed by atoms with Gasteiger partial charge in [-0.05, 0) is 30.7 Å². The van der Waals surface area contributed by atoms with Crippen LogP contribution in [-0.2, 0) is 10.0 Å². The summed E-state index contributed by atoms with van der Waals surface area (Å²) in [4.78, 5) is 0. The second kappa shape index (κ2) is 5.59. The van der Waals surface area contributed by atoms with Crippen molar-refractivity contribution >= 4 is 27.1 Å². The van der Waals surface area contributed by atoms with Gasteiger partial charge >= 0.3 is 0 Å². The van der Waals surface area contributed by atoms with Crippen LogP contribution in [0.25, 0.3) is 0 Å². The van der Waals surface area contributed by atoms with Crippen LogP contribution >= 0.6 is 0 Å². The summed E-state index contributed by atoms with van der Waals surface area (Å²) in [5.41, 5.74) is 3.44. The largest absolute Gasteiger partial charge is 0.277 e. The first-order valence-electron chi connectivity index (χ1n) is 5.81. The van der Waals surface area contributed by atoms with Gasteiger partial charge in [0.1, 0.15) is 12.1 Å². The Bertz CT molecular complexity index is 694. The summed E-state index contributed by atoms with van der Waals surface area (Å²) in [5, 5.41) is 20.7. The average molecular weight is 289 g/mol. The Balaban J connectivity index is 2.14. The van der Waals surface area contributed by atoms with E-state index in [0.29, 0.717) is 24.3 Å². The Morgan fingerprint density at radius 3 is 2.40 bits per heavy atom. The second-order valence-corrected chi connectivity index (χ2v) is 6.10. The molecule has 1 aliphatic rings. The normalized spacial score (nSPS) is 16.0. The Hall–Kier alpha value is -2.58. The standard InChI is InChI=1S/C12H11N5O2S/c13-8-11(9-14)16-15-10-2-4-12(5-3-10)17-6-1-7-20(17,18)19/h2-5,15H,1,6-7H2. The van der Waals surface area contributed by atoms with Crippen LogP contribution in [0.5, 0.6) is 0 Å². The molecular weight excluding hydrogens is 278 g/mol. The van der Waals surface area contributed by atoms with Gasteiger partial charge in [-0.1, -0.05) is 0 Å². The van der Waals surface area contributed by atoms with Crippen molar-refractivity contribution in [1.82, 2.24) is 0 Å². The van der Waals surface area contributed by atoms with E-state index in [1.165, 1.54) is 4.31 Å². The summed E-state index contributed by atoms with van der Waals surface area (Å²) < 4.78 is 24.9. The molecule has 0 unspecified atom stereocenters. The molecule has 0 atom stereocenters. The number of benzene rings is 1. The van der Waals surface area contributed by atoms with Gasteiger partial charge in [-0.25, -0.2) is 8.42 Å². The Morgan fingerprint density at radius 2 is 1.90 bits per heavy atom. The van der Waals surface area contributed by atoms with Crippen molar-refractivity contribution < 1.29 is 8.42 Å². The molecule has 20 heavy (non-hydrogen) atoms. The number of nitrogens with zero attached hydrogens (tertiary/aromatic N) is 4. The van der Waals surface area contributed by atoms with E-state index in [-0.39, 0.29) is 11.5 Å². The maximum Gasteiger partial charge on any atom is 0.237 e. The molecule has 0 aliphatic carbocycles. The quantitative estimate of drug-likeness (QED) is 0.660. The molecule has 1 N–H and O–H groups in total. The zero-order chi connectivity index (χ0) is 14.6. The van der Waals surface area contributed by atoms with E-state index in [0.717, 1.165) is 0 Å². The van der Waals surface area contributed by atoms with Gasteiger partial charge in [0.05, 0.1) is 17.1 Å². The Labute approximate surface area is 116 Å². The highest BCUT2D eigenvalue weighted by Crippen LogP contribution is 2.25. The highest BCUT2D eigenvalue weighted by atomic mass is 32.2. The van der Waals surface area contributed by atoms with Crippen LogP contribution in [0.1, 0.15) is 6.42 Å². The minimum atomic E-state index is -3.19. The zero-order valence-corrected chi connectivity index (χ0v) is 11.3. The van der Waals surface area contributed by atoms with E-state index < -0.39 is 10.0 Å². The van der Waals surface area contributed by atoms with Crippen LogP contribution in [-0.4, -0.2) is 26.4 Å². The van der Waals surface area contributed by atoms with E-state index in [2.05, 4.69) is 10.5 Å². The van der Waals surface area contributed by atoms with Gasteiger partial charge in [-0.3, -0.25) is 9.73 Å². The number of hydrogen-bond donors (Lipinski definition) is 1. The summed E-state index contributed by atoms with van der Waals surface area (Å²) >= 11 is 0. The van der Waals surface area contributed by atoms with E-state index in [9.17, 15) is 8.42 Å². The molecule has 1 aromatic rings. The van der Waals surface area contributed by atoms with Crippen LogP contribution in [0, 0.1) is 22.7 Å². The van der Waals surface area contributed by atoms with Gasteiger partial charge in [-0.15, -0.1) is 0 Å². The maximum atomic E-state index is 11.8. The fourth-order valence-corrected chi connectivity index (χ4v) is 3.39. The lowest BCUT2D eigenvalue weighted by atomic mass is 10.3. The average Bonchev–Trinajstić information content (AvgIpc) is 2.80. The molecule has 1 aromatic carbocycles. The molecule has 1 saturated heterocycles. The van der Waals surface area contributed by atoms with Gasteiger partial charge in [-0.2, -0.15) is 15.6 Å². The number of sulfonamides is 1. The van der Waals surface area contributed by atoms with Crippen LogP contribution in [0.2, 0.25) is 0 Å². The van der Waals surface area contributed by atoms with Crippen molar-refractivity contribution in [2.75, 3.05) is 22.0 Å². The molecule has 0 aromatic heterocycles. The molecule has 0 spiro atoms. The molecule has 102 valence electrons. The van der Waals surface area contributed by atoms with E-state index in [4.69, 9.17) is 10.5 Å². The lowest BCUT2D eigenvalue weighted by molar-refractivity contribution is 0.599. The fourth-order valence-electron chi connectivity index (χ4n) is 1.83. The van der Waals surface area contributed by atoms with Crippen molar-refractivity contribution in [3.8, 4) is 12.1 Å². The number of hydrogen-bond acceptors (Lipinski definition) is 6. The molecule has 7 nitrogen and oxygen atoms in total. The second-order valence-electron chi connectivity index (χ2n) is 4.08. The molecule has 1 fully saturated rings. The molecule has 0 saturated carbocycles. The third-order valence-electron chi connectivity index (χ3n) is 2.76. The lowest BCUT2D eigenvalue weighted by Crippen LogP contribution is -2.24. The van der Waals surface area contributed by atoms with Crippen molar-refractivity contribution in [3.05, 3.63) is 24.3 Å². The van der Waals surface area contributed by atoms with Gasteiger partial charge in [0.15, 0.2) is 0 Å². The Morgan fingerprint density at radius 1 is 1.25 bits per heavy atom. The fraction of sp³-hybridized carbons (Fsp3) is 0.250. The Kier molecular flexibility index (Phi) is 3.87. The molecule has 1 heterocycles. The van der Waals surface area contributed by atoms with Gasteiger partial charge in [0.25, 0.3) is 0 Å². The monoisotopic (exact) mass is 289 g/mol. The molecule has 0 radical (unpaired) electrons. The van der Waals surface area contributed by atoms with Gasteiger partial charge < -0.3 is 0 Å². The SMILES string of the molecule is N#CC(C#N)=NNc1ccc(N2CCCS2(=O)=O)cc1. The van der Waals surface area contributed by atoms with E-state index in [1.807, 2.05) is 0 Å². The predicted molar refractivity (Wildman–Crippen MR) is 74.5 cm³/mol. The number of nitrogens with one attached hydrogen (secondary N) is 1. The number of hydrazone groups is 1. The molecule has 1 aliphatic heterocycles. The molecule has 8 heteroatoms. The number of anilines is 2. The lowest BCUT2D eigenvalue weighted by Gasteiger charge is -2.16. The first-order chi connectivity index (χ1) is 9.56. The first kappa shape index (κ1) is 13.8. The molecule has 2 rings (SSSR count). The summed E-state index contributed by atoms with van der Waals surface area (Å²) in [6.07, 6.45) is 0.625. The van der Waals surface area contributed by atoms with E-state index >= 15 is 0 Å². The highest BCUT2D eigenvalue weighted by Gasteiger charge is 2.28. The number of nitriles is 2. The van der Waals surface area contributed by atoms with Crippen LogP contribution in [0.3, 0.4) is 0 Å². The minimum absolute atomic E-state index is 0.172. The first-order valence-corrected chi connectivity index (χ1v) is 7.42.